The van der Waals surface area contributed by atoms with Crippen molar-refractivity contribution >= 4 is 34.6 Å². The summed E-state index contributed by atoms with van der Waals surface area (Å²) in [7, 11) is 0. The second-order valence-corrected chi connectivity index (χ2v) is 10.2. The molecule has 1 saturated heterocycles. The fourth-order valence-corrected chi connectivity index (χ4v) is 5.91. The zero-order valence-electron chi connectivity index (χ0n) is 17.9. The molecule has 0 unspecified atom stereocenters. The van der Waals surface area contributed by atoms with Gasteiger partial charge in [0.2, 0.25) is 0 Å². The summed E-state index contributed by atoms with van der Waals surface area (Å²) in [6.07, 6.45) is 6.83. The Labute approximate surface area is 192 Å². The van der Waals surface area contributed by atoms with Gasteiger partial charge in [-0.2, -0.15) is 0 Å². The molecule has 1 spiro atoms. The molecule has 30 heavy (non-hydrogen) atoms. The summed E-state index contributed by atoms with van der Waals surface area (Å²) >= 11 is 2.19. The molecule has 2 aliphatic rings. The van der Waals surface area contributed by atoms with Crippen molar-refractivity contribution in [3.63, 3.8) is 0 Å². The van der Waals surface area contributed by atoms with Crippen molar-refractivity contribution < 1.29 is 9.18 Å². The van der Waals surface area contributed by atoms with Crippen molar-refractivity contribution in [3.05, 3.63) is 59.9 Å². The zero-order chi connectivity index (χ0) is 21.6. The SMILES string of the molecule is CC[C@]1(c2ccccc2)CC[C@]2(CC1)CN(c1ccc(C(C)(C)F)nc1)C(=O)N2I. The largest absolute Gasteiger partial charge is 0.333 e. The van der Waals surface area contributed by atoms with Crippen LogP contribution in [0.25, 0.3) is 0 Å². The highest BCUT2D eigenvalue weighted by atomic mass is 127. The van der Waals surface area contributed by atoms with Gasteiger partial charge in [0.15, 0.2) is 0 Å². The molecule has 1 aromatic heterocycles. The van der Waals surface area contributed by atoms with Crippen LogP contribution in [0.3, 0.4) is 0 Å². The first kappa shape index (κ1) is 21.5. The lowest BCUT2D eigenvalue weighted by Crippen LogP contribution is -2.48. The summed E-state index contributed by atoms with van der Waals surface area (Å²) in [6, 6.07) is 14.3. The quantitative estimate of drug-likeness (QED) is 0.339. The highest BCUT2D eigenvalue weighted by molar-refractivity contribution is 14.1. The van der Waals surface area contributed by atoms with Gasteiger partial charge in [0.05, 0.1) is 52.5 Å². The van der Waals surface area contributed by atoms with Crippen molar-refractivity contribution in [3.8, 4) is 0 Å². The van der Waals surface area contributed by atoms with Gasteiger partial charge >= 0.3 is 6.03 Å². The third kappa shape index (κ3) is 3.61. The Hall–Kier alpha value is -1.70. The van der Waals surface area contributed by atoms with Crippen LogP contribution < -0.4 is 4.90 Å². The van der Waals surface area contributed by atoms with Gasteiger partial charge in [-0.15, -0.1) is 0 Å². The molecule has 1 saturated carbocycles. The number of alkyl halides is 1. The van der Waals surface area contributed by atoms with Crippen molar-refractivity contribution in [1.29, 1.82) is 0 Å². The Bertz CT molecular complexity index is 902. The highest BCUT2D eigenvalue weighted by Crippen LogP contribution is 2.51. The van der Waals surface area contributed by atoms with Gasteiger partial charge in [0.25, 0.3) is 0 Å². The van der Waals surface area contributed by atoms with Crippen LogP contribution in [0.15, 0.2) is 48.7 Å². The predicted octanol–water partition coefficient (Wildman–Crippen LogP) is 6.54. The number of anilines is 1. The van der Waals surface area contributed by atoms with Gasteiger partial charge in [-0.25, -0.2) is 9.18 Å². The molecule has 4 rings (SSSR count). The number of nitrogens with zero attached hydrogens (tertiary/aromatic N) is 3. The molecule has 1 aliphatic carbocycles. The van der Waals surface area contributed by atoms with Gasteiger partial charge < -0.3 is 0 Å². The third-order valence-corrected chi connectivity index (χ3v) is 8.57. The standard InChI is InChI=1S/C24H29FIN3O/c1-4-23(18-8-6-5-7-9-18)12-14-24(15-13-23)17-28(21(30)29(24)26)19-10-11-20(27-16-19)22(2,3)25/h5-11,16H,4,12-15,17H2,1-3H3/t23-,24-. The van der Waals surface area contributed by atoms with Gasteiger partial charge in [-0.3, -0.25) is 13.0 Å². The summed E-state index contributed by atoms with van der Waals surface area (Å²) in [5, 5.41) is 0. The van der Waals surface area contributed by atoms with Crippen LogP contribution >= 0.6 is 22.9 Å². The van der Waals surface area contributed by atoms with Gasteiger partial charge in [0.1, 0.15) is 5.67 Å². The second-order valence-electron chi connectivity index (χ2n) is 9.25. The molecule has 2 amide bonds. The average Bonchev–Trinajstić information content (AvgIpc) is 3.00. The van der Waals surface area contributed by atoms with Crippen LogP contribution in [0.5, 0.6) is 0 Å². The summed E-state index contributed by atoms with van der Waals surface area (Å²) < 4.78 is 16.1. The molecule has 0 bridgehead atoms. The number of benzene rings is 1. The Balaban J connectivity index is 1.55. The van der Waals surface area contributed by atoms with Crippen LogP contribution in [-0.4, -0.2) is 26.2 Å². The fraction of sp³-hybridized carbons (Fsp3) is 0.500. The van der Waals surface area contributed by atoms with Crippen molar-refractivity contribution in [1.82, 2.24) is 8.10 Å². The van der Waals surface area contributed by atoms with E-state index in [4.69, 9.17) is 0 Å². The molecule has 0 radical (unpaired) electrons. The monoisotopic (exact) mass is 521 g/mol. The van der Waals surface area contributed by atoms with Crippen LogP contribution in [0.2, 0.25) is 0 Å². The normalized spacial score (nSPS) is 27.2. The Morgan fingerprint density at radius 1 is 1.10 bits per heavy atom. The number of amides is 2. The van der Waals surface area contributed by atoms with Crippen LogP contribution in [0.1, 0.15) is 64.1 Å². The molecule has 0 N–H and O–H groups in total. The molecule has 1 aliphatic heterocycles. The number of hydrogen-bond acceptors (Lipinski definition) is 2. The lowest BCUT2D eigenvalue weighted by Gasteiger charge is -2.46. The molecule has 0 atom stereocenters. The zero-order valence-corrected chi connectivity index (χ0v) is 20.0. The van der Waals surface area contributed by atoms with E-state index in [1.165, 1.54) is 19.4 Å². The van der Waals surface area contributed by atoms with Gasteiger partial charge in [-0.1, -0.05) is 37.3 Å². The van der Waals surface area contributed by atoms with E-state index >= 15 is 0 Å². The predicted molar refractivity (Wildman–Crippen MR) is 127 cm³/mol. The first-order valence-corrected chi connectivity index (χ1v) is 11.7. The topological polar surface area (TPSA) is 36.4 Å². The molecule has 2 heterocycles. The number of carbonyl (C=O) groups excluding carboxylic acids is 1. The van der Waals surface area contributed by atoms with E-state index in [1.54, 1.807) is 17.2 Å². The van der Waals surface area contributed by atoms with Crippen molar-refractivity contribution in [2.24, 2.45) is 0 Å². The molecular weight excluding hydrogens is 492 g/mol. The molecule has 160 valence electrons. The van der Waals surface area contributed by atoms with Crippen LogP contribution in [0, 0.1) is 0 Å². The van der Waals surface area contributed by atoms with Crippen LogP contribution in [-0.2, 0) is 11.1 Å². The van der Waals surface area contributed by atoms with E-state index in [9.17, 15) is 9.18 Å². The van der Waals surface area contributed by atoms with Crippen molar-refractivity contribution in [2.45, 2.75) is 69.5 Å². The number of urea groups is 1. The van der Waals surface area contributed by atoms with Gasteiger partial charge in [0, 0.05) is 0 Å². The molecule has 6 heteroatoms. The summed E-state index contributed by atoms with van der Waals surface area (Å²) in [6.45, 7) is 5.92. The lowest BCUT2D eigenvalue weighted by atomic mass is 9.63. The Morgan fingerprint density at radius 2 is 1.77 bits per heavy atom. The number of hydrogen-bond donors (Lipinski definition) is 0. The minimum atomic E-state index is -1.49. The van der Waals surface area contributed by atoms with Crippen molar-refractivity contribution in [2.75, 3.05) is 11.4 Å². The van der Waals surface area contributed by atoms with E-state index in [0.717, 1.165) is 37.8 Å². The lowest BCUT2D eigenvalue weighted by molar-refractivity contribution is 0.149. The van der Waals surface area contributed by atoms with E-state index in [2.05, 4.69) is 65.1 Å². The first-order chi connectivity index (χ1) is 14.2. The Morgan fingerprint density at radius 3 is 2.30 bits per heavy atom. The smallest absolute Gasteiger partial charge is 0.290 e. The minimum Gasteiger partial charge on any atom is -0.290 e. The van der Waals surface area contributed by atoms with Gasteiger partial charge in [-0.05, 0) is 69.1 Å². The fourth-order valence-electron chi connectivity index (χ4n) is 5.02. The van der Waals surface area contributed by atoms with Crippen LogP contribution in [0.4, 0.5) is 14.9 Å². The number of aromatic nitrogens is 1. The van der Waals surface area contributed by atoms with E-state index in [0.29, 0.717) is 12.2 Å². The average molecular weight is 521 g/mol. The molecule has 2 aromatic rings. The number of rotatable bonds is 4. The number of pyridine rings is 1. The van der Waals surface area contributed by atoms with E-state index in [-0.39, 0.29) is 17.0 Å². The maximum absolute atomic E-state index is 14.1. The first-order valence-electron chi connectivity index (χ1n) is 10.7. The molecule has 4 nitrogen and oxygen atoms in total. The number of carbonyl (C=O) groups is 1. The molecule has 1 aromatic carbocycles. The van der Waals surface area contributed by atoms with E-state index in [1.807, 2.05) is 9.18 Å². The molecule has 2 fully saturated rings. The summed E-state index contributed by atoms with van der Waals surface area (Å²) in [5.41, 5.74) is 1.07. The van der Waals surface area contributed by atoms with E-state index < -0.39 is 5.67 Å². The molecular formula is C24H29FIN3O. The summed E-state index contributed by atoms with van der Waals surface area (Å²) in [4.78, 5) is 19.2. The second kappa shape index (κ2) is 7.77. The third-order valence-electron chi connectivity index (χ3n) is 7.14. The highest BCUT2D eigenvalue weighted by Gasteiger charge is 2.53. The maximum Gasteiger partial charge on any atom is 0.333 e. The summed E-state index contributed by atoms with van der Waals surface area (Å²) in [5.74, 6) is 0. The number of halogens is 2. The minimum absolute atomic E-state index is 0.00614. The Kier molecular flexibility index (Phi) is 5.58. The maximum atomic E-state index is 14.1.